The summed E-state index contributed by atoms with van der Waals surface area (Å²) in [7, 11) is 0. The predicted molar refractivity (Wildman–Crippen MR) is 72.9 cm³/mol. The molecular weight excluding hydrogens is 227 g/mol. The number of nitrogens with one attached hydrogen (secondary N) is 1. The number of benzene rings is 1. The number of hydrogen-bond donors (Lipinski definition) is 1. The number of hydrogen-bond acceptors (Lipinski definition) is 2. The molecule has 1 aliphatic rings. The first kappa shape index (κ1) is 13.5. The Hall–Kier alpha value is -0.930. The second-order valence-corrected chi connectivity index (χ2v) is 5.50. The van der Waals surface area contributed by atoms with Gasteiger partial charge in [0, 0.05) is 19.1 Å². The molecule has 2 rings (SSSR count). The molecule has 100 valence electrons. The van der Waals surface area contributed by atoms with E-state index in [9.17, 15) is 4.39 Å². The van der Waals surface area contributed by atoms with Gasteiger partial charge in [-0.25, -0.2) is 4.39 Å². The fraction of sp³-hybridized carbons (Fsp3) is 0.600. The minimum absolute atomic E-state index is 0.152. The normalized spacial score (nSPS) is 20.8. The molecule has 1 aromatic rings. The van der Waals surface area contributed by atoms with E-state index in [1.54, 1.807) is 12.1 Å². The molecule has 2 nitrogen and oxygen atoms in total. The topological polar surface area (TPSA) is 15.3 Å². The first-order valence-corrected chi connectivity index (χ1v) is 6.84. The van der Waals surface area contributed by atoms with Crippen molar-refractivity contribution in [2.45, 2.75) is 32.9 Å². The van der Waals surface area contributed by atoms with Gasteiger partial charge < -0.3 is 10.2 Å². The van der Waals surface area contributed by atoms with Crippen molar-refractivity contribution in [3.63, 3.8) is 0 Å². The zero-order valence-corrected chi connectivity index (χ0v) is 11.3. The molecular formula is C15H23FN2. The van der Waals surface area contributed by atoms with E-state index in [0.717, 1.165) is 24.6 Å². The lowest BCUT2D eigenvalue weighted by Crippen LogP contribution is -2.30. The van der Waals surface area contributed by atoms with Crippen LogP contribution >= 0.6 is 0 Å². The van der Waals surface area contributed by atoms with Crippen LogP contribution in [0.5, 0.6) is 0 Å². The van der Waals surface area contributed by atoms with Crippen molar-refractivity contribution in [1.82, 2.24) is 10.2 Å². The van der Waals surface area contributed by atoms with E-state index in [1.165, 1.54) is 25.6 Å². The molecule has 1 atom stereocenters. The van der Waals surface area contributed by atoms with Crippen molar-refractivity contribution in [1.29, 1.82) is 0 Å². The molecule has 18 heavy (non-hydrogen) atoms. The van der Waals surface area contributed by atoms with Gasteiger partial charge in [-0.15, -0.1) is 0 Å². The van der Waals surface area contributed by atoms with Gasteiger partial charge in [0.2, 0.25) is 0 Å². The van der Waals surface area contributed by atoms with Gasteiger partial charge in [-0.1, -0.05) is 12.1 Å². The Morgan fingerprint density at radius 1 is 1.44 bits per heavy atom. The maximum Gasteiger partial charge on any atom is 0.123 e. The monoisotopic (exact) mass is 250 g/mol. The molecule has 0 aliphatic carbocycles. The third-order valence-electron chi connectivity index (χ3n) is 3.70. The summed E-state index contributed by atoms with van der Waals surface area (Å²) in [6.07, 6.45) is 1.27. The summed E-state index contributed by atoms with van der Waals surface area (Å²) < 4.78 is 13.0. The van der Waals surface area contributed by atoms with Crippen molar-refractivity contribution in [3.8, 4) is 0 Å². The van der Waals surface area contributed by atoms with Gasteiger partial charge in [0.15, 0.2) is 0 Å². The minimum Gasteiger partial charge on any atom is -0.312 e. The molecule has 0 spiro atoms. The van der Waals surface area contributed by atoms with E-state index in [0.29, 0.717) is 6.04 Å². The summed E-state index contributed by atoms with van der Waals surface area (Å²) in [5.41, 5.74) is 1.02. The zero-order valence-electron chi connectivity index (χ0n) is 11.3. The highest BCUT2D eigenvalue weighted by Crippen LogP contribution is 2.17. The van der Waals surface area contributed by atoms with Gasteiger partial charge in [0.25, 0.3) is 0 Å². The van der Waals surface area contributed by atoms with Gasteiger partial charge >= 0.3 is 0 Å². The van der Waals surface area contributed by atoms with Gasteiger partial charge in [-0.3, -0.25) is 0 Å². The molecule has 1 aromatic carbocycles. The van der Waals surface area contributed by atoms with Crippen LogP contribution < -0.4 is 5.32 Å². The first-order valence-electron chi connectivity index (χ1n) is 6.84. The average molecular weight is 250 g/mol. The van der Waals surface area contributed by atoms with Gasteiger partial charge in [0.1, 0.15) is 5.82 Å². The van der Waals surface area contributed by atoms with Crippen molar-refractivity contribution >= 4 is 0 Å². The van der Waals surface area contributed by atoms with E-state index < -0.39 is 0 Å². The lowest BCUT2D eigenvalue weighted by atomic mass is 10.1. The molecule has 1 heterocycles. The fourth-order valence-electron chi connectivity index (χ4n) is 2.57. The SMILES string of the molecule is CC(C)N1CCC(CNCc2cccc(F)c2)C1. The maximum atomic E-state index is 13.0. The van der Waals surface area contributed by atoms with Crippen molar-refractivity contribution in [2.75, 3.05) is 19.6 Å². The van der Waals surface area contributed by atoms with Crippen LogP contribution in [-0.4, -0.2) is 30.6 Å². The van der Waals surface area contributed by atoms with Gasteiger partial charge in [0.05, 0.1) is 0 Å². The maximum absolute atomic E-state index is 13.0. The molecule has 0 amide bonds. The second-order valence-electron chi connectivity index (χ2n) is 5.50. The Labute approximate surface area is 109 Å². The van der Waals surface area contributed by atoms with Crippen molar-refractivity contribution in [3.05, 3.63) is 35.6 Å². The van der Waals surface area contributed by atoms with Gasteiger partial charge in [-0.05, 0) is 57.0 Å². The van der Waals surface area contributed by atoms with Crippen LogP contribution in [0.3, 0.4) is 0 Å². The van der Waals surface area contributed by atoms with E-state index in [-0.39, 0.29) is 5.82 Å². The summed E-state index contributed by atoms with van der Waals surface area (Å²) in [6, 6.07) is 7.47. The predicted octanol–water partition coefficient (Wildman–Crippen LogP) is 2.65. The van der Waals surface area contributed by atoms with Crippen LogP contribution in [0.15, 0.2) is 24.3 Å². The number of halogens is 1. The fourth-order valence-corrected chi connectivity index (χ4v) is 2.57. The third kappa shape index (κ3) is 3.79. The van der Waals surface area contributed by atoms with Crippen LogP contribution in [0, 0.1) is 11.7 Å². The lowest BCUT2D eigenvalue weighted by Gasteiger charge is -2.20. The van der Waals surface area contributed by atoms with Gasteiger partial charge in [-0.2, -0.15) is 0 Å². The summed E-state index contributed by atoms with van der Waals surface area (Å²) >= 11 is 0. The minimum atomic E-state index is -0.152. The highest BCUT2D eigenvalue weighted by atomic mass is 19.1. The highest BCUT2D eigenvalue weighted by molar-refractivity contribution is 5.15. The van der Waals surface area contributed by atoms with E-state index in [4.69, 9.17) is 0 Å². The van der Waals surface area contributed by atoms with Crippen LogP contribution in [0.4, 0.5) is 4.39 Å². The molecule has 0 aromatic heterocycles. The molecule has 1 saturated heterocycles. The molecule has 0 saturated carbocycles. The average Bonchev–Trinajstić information content (AvgIpc) is 2.78. The van der Waals surface area contributed by atoms with Crippen molar-refractivity contribution in [2.24, 2.45) is 5.92 Å². The van der Waals surface area contributed by atoms with Crippen LogP contribution in [0.1, 0.15) is 25.8 Å². The molecule has 0 bridgehead atoms. The van der Waals surface area contributed by atoms with Crippen LogP contribution in [-0.2, 0) is 6.54 Å². The standard InChI is InChI=1S/C15H23FN2/c1-12(2)18-7-6-14(11-18)10-17-9-13-4-3-5-15(16)8-13/h3-5,8,12,14,17H,6-7,9-11H2,1-2H3. The molecule has 1 N–H and O–H groups in total. The van der Waals surface area contributed by atoms with E-state index in [2.05, 4.69) is 24.1 Å². The summed E-state index contributed by atoms with van der Waals surface area (Å²) in [4.78, 5) is 2.52. The molecule has 3 heteroatoms. The van der Waals surface area contributed by atoms with Crippen molar-refractivity contribution < 1.29 is 4.39 Å². The smallest absolute Gasteiger partial charge is 0.123 e. The largest absolute Gasteiger partial charge is 0.312 e. The van der Waals surface area contributed by atoms with E-state index >= 15 is 0 Å². The Kier molecular flexibility index (Phi) is 4.72. The molecule has 1 fully saturated rings. The molecule has 1 aliphatic heterocycles. The zero-order chi connectivity index (χ0) is 13.0. The number of likely N-dealkylation sites (tertiary alicyclic amines) is 1. The number of nitrogens with zero attached hydrogens (tertiary/aromatic N) is 1. The molecule has 0 radical (unpaired) electrons. The lowest BCUT2D eigenvalue weighted by molar-refractivity contribution is 0.264. The number of rotatable bonds is 5. The Bertz CT molecular complexity index is 379. The summed E-state index contributed by atoms with van der Waals surface area (Å²) in [6.45, 7) is 8.69. The Morgan fingerprint density at radius 2 is 2.28 bits per heavy atom. The summed E-state index contributed by atoms with van der Waals surface area (Å²) in [5, 5.41) is 3.44. The van der Waals surface area contributed by atoms with Crippen LogP contribution in [0.25, 0.3) is 0 Å². The Balaban J connectivity index is 1.70. The molecule has 1 unspecified atom stereocenters. The quantitative estimate of drug-likeness (QED) is 0.864. The third-order valence-corrected chi connectivity index (χ3v) is 3.70. The summed E-state index contributed by atoms with van der Waals surface area (Å²) in [5.74, 6) is 0.585. The van der Waals surface area contributed by atoms with E-state index in [1.807, 2.05) is 6.07 Å². The van der Waals surface area contributed by atoms with Crippen LogP contribution in [0.2, 0.25) is 0 Å². The Morgan fingerprint density at radius 3 is 2.94 bits per heavy atom. The second kappa shape index (κ2) is 6.30. The first-order chi connectivity index (χ1) is 8.65. The highest BCUT2D eigenvalue weighted by Gasteiger charge is 2.23.